The van der Waals surface area contributed by atoms with Gasteiger partial charge in [0.15, 0.2) is 0 Å². The van der Waals surface area contributed by atoms with Crippen LogP contribution in [-0.2, 0) is 17.6 Å². The molecule has 3 atom stereocenters. The fraction of sp³-hybridized carbons (Fsp3) is 0.381. The summed E-state index contributed by atoms with van der Waals surface area (Å²) in [6, 6.07) is 19.4. The van der Waals surface area contributed by atoms with Gasteiger partial charge in [0.1, 0.15) is 0 Å². The summed E-state index contributed by atoms with van der Waals surface area (Å²) in [5.74, 6) is -2.23. The Hall–Kier alpha value is -2.17. The summed E-state index contributed by atoms with van der Waals surface area (Å²) in [5, 5.41) is 29.7. The van der Waals surface area contributed by atoms with Crippen LogP contribution in [0.3, 0.4) is 0 Å². The Morgan fingerprint density at radius 2 is 1.32 bits per heavy atom. The smallest absolute Gasteiger partial charge is 0.309 e. The maximum absolute atomic E-state index is 11.9. The second-order valence-electron chi connectivity index (χ2n) is 6.66. The van der Waals surface area contributed by atoms with Crippen LogP contribution < -0.4 is 0 Å². The molecular weight excluding hydrogens is 316 g/mol. The maximum Gasteiger partial charge on any atom is 0.309 e. The molecule has 0 saturated heterocycles. The predicted octanol–water partition coefficient (Wildman–Crippen LogP) is 2.92. The van der Waals surface area contributed by atoms with E-state index < -0.39 is 24.1 Å². The van der Waals surface area contributed by atoms with Crippen molar-refractivity contribution in [1.82, 2.24) is 0 Å². The summed E-state index contributed by atoms with van der Waals surface area (Å²) in [6.45, 7) is 1.56. The van der Waals surface area contributed by atoms with E-state index in [0.29, 0.717) is 12.8 Å². The number of carbonyl (C=O) groups is 1. The Bertz CT molecular complexity index is 598. The van der Waals surface area contributed by atoms with E-state index >= 15 is 0 Å². The zero-order valence-corrected chi connectivity index (χ0v) is 14.5. The molecule has 2 rings (SSSR count). The molecule has 0 saturated carbocycles. The quantitative estimate of drug-likeness (QED) is 0.655. The molecule has 134 valence electrons. The molecule has 0 amide bonds. The molecule has 0 aliphatic heterocycles. The highest BCUT2D eigenvalue weighted by molar-refractivity contribution is 5.71. The topological polar surface area (TPSA) is 77.8 Å². The Kier molecular flexibility index (Phi) is 7.16. The van der Waals surface area contributed by atoms with Crippen molar-refractivity contribution in [1.29, 1.82) is 0 Å². The van der Waals surface area contributed by atoms with Gasteiger partial charge in [-0.2, -0.15) is 0 Å². The van der Waals surface area contributed by atoms with Crippen LogP contribution in [-0.4, -0.2) is 33.5 Å². The summed E-state index contributed by atoms with van der Waals surface area (Å²) in [6.07, 6.45) is -0.662. The van der Waals surface area contributed by atoms with Gasteiger partial charge in [-0.05, 0) is 43.2 Å². The van der Waals surface area contributed by atoms with Crippen molar-refractivity contribution in [2.75, 3.05) is 0 Å². The number of aliphatic hydroxyl groups is 2. The van der Waals surface area contributed by atoms with Crippen LogP contribution in [0.1, 0.15) is 24.5 Å². The fourth-order valence-corrected chi connectivity index (χ4v) is 3.34. The SMILES string of the molecule is CC(O)CC(O)C(C(=O)O)C(Cc1ccccc1)Cc1ccccc1. The minimum absolute atomic E-state index is 0.0526. The molecule has 2 aromatic carbocycles. The van der Waals surface area contributed by atoms with Crippen LogP contribution in [0.25, 0.3) is 0 Å². The maximum atomic E-state index is 11.9. The van der Waals surface area contributed by atoms with E-state index in [2.05, 4.69) is 0 Å². The molecule has 0 radical (unpaired) electrons. The summed E-state index contributed by atoms with van der Waals surface area (Å²) in [7, 11) is 0. The van der Waals surface area contributed by atoms with Crippen LogP contribution in [0.15, 0.2) is 60.7 Å². The van der Waals surface area contributed by atoms with Crippen molar-refractivity contribution in [2.45, 2.75) is 38.4 Å². The molecule has 25 heavy (non-hydrogen) atoms. The molecule has 3 N–H and O–H groups in total. The number of rotatable bonds is 9. The second kappa shape index (κ2) is 9.35. The van der Waals surface area contributed by atoms with Gasteiger partial charge in [0.25, 0.3) is 0 Å². The highest BCUT2D eigenvalue weighted by atomic mass is 16.4. The van der Waals surface area contributed by atoms with Gasteiger partial charge >= 0.3 is 5.97 Å². The van der Waals surface area contributed by atoms with Crippen LogP contribution in [0.4, 0.5) is 0 Å². The largest absolute Gasteiger partial charge is 0.481 e. The number of hydrogen-bond acceptors (Lipinski definition) is 3. The lowest BCUT2D eigenvalue weighted by Crippen LogP contribution is -2.38. The Labute approximate surface area is 148 Å². The average Bonchev–Trinajstić information content (AvgIpc) is 2.55. The van der Waals surface area contributed by atoms with Crippen LogP contribution in [0.2, 0.25) is 0 Å². The fourth-order valence-electron chi connectivity index (χ4n) is 3.34. The Morgan fingerprint density at radius 3 is 1.68 bits per heavy atom. The highest BCUT2D eigenvalue weighted by Gasteiger charge is 2.35. The molecule has 0 aromatic heterocycles. The van der Waals surface area contributed by atoms with Gasteiger partial charge in [0.2, 0.25) is 0 Å². The lowest BCUT2D eigenvalue weighted by molar-refractivity contribution is -0.149. The van der Waals surface area contributed by atoms with Crippen molar-refractivity contribution in [3.05, 3.63) is 71.8 Å². The Morgan fingerprint density at radius 1 is 0.880 bits per heavy atom. The van der Waals surface area contributed by atoms with Crippen molar-refractivity contribution in [3.8, 4) is 0 Å². The zero-order valence-electron chi connectivity index (χ0n) is 14.5. The first-order chi connectivity index (χ1) is 12.0. The predicted molar refractivity (Wildman–Crippen MR) is 97.2 cm³/mol. The van der Waals surface area contributed by atoms with E-state index in [9.17, 15) is 20.1 Å². The molecule has 0 heterocycles. The molecular formula is C21H26O4. The molecule has 4 nitrogen and oxygen atoms in total. The molecule has 0 fully saturated rings. The first kappa shape index (κ1) is 19.2. The van der Waals surface area contributed by atoms with E-state index in [-0.39, 0.29) is 12.3 Å². The summed E-state index contributed by atoms with van der Waals surface area (Å²) in [5.41, 5.74) is 2.08. The third kappa shape index (κ3) is 6.00. The monoisotopic (exact) mass is 342 g/mol. The van der Waals surface area contributed by atoms with Crippen molar-refractivity contribution in [3.63, 3.8) is 0 Å². The number of aliphatic hydroxyl groups excluding tert-OH is 2. The molecule has 4 heteroatoms. The third-order valence-corrected chi connectivity index (χ3v) is 4.47. The first-order valence-electron chi connectivity index (χ1n) is 8.64. The lowest BCUT2D eigenvalue weighted by Gasteiger charge is -2.29. The van der Waals surface area contributed by atoms with Crippen molar-refractivity contribution >= 4 is 5.97 Å². The average molecular weight is 342 g/mol. The molecule has 0 aliphatic carbocycles. The van der Waals surface area contributed by atoms with E-state index in [0.717, 1.165) is 11.1 Å². The van der Waals surface area contributed by atoms with E-state index in [1.54, 1.807) is 6.92 Å². The number of carboxylic acids is 1. The number of carboxylic acid groups (broad SMARTS) is 1. The standard InChI is InChI=1S/C21H26O4/c1-15(22)12-19(23)20(21(24)25)18(13-16-8-4-2-5-9-16)14-17-10-6-3-7-11-17/h2-11,15,18-20,22-23H,12-14H2,1H3,(H,24,25). The van der Waals surface area contributed by atoms with Crippen LogP contribution in [0.5, 0.6) is 0 Å². The summed E-state index contributed by atoms with van der Waals surface area (Å²) in [4.78, 5) is 11.9. The second-order valence-corrected chi connectivity index (χ2v) is 6.66. The van der Waals surface area contributed by atoms with E-state index in [1.807, 2.05) is 60.7 Å². The van der Waals surface area contributed by atoms with Gasteiger partial charge in [-0.15, -0.1) is 0 Å². The van der Waals surface area contributed by atoms with Crippen LogP contribution >= 0.6 is 0 Å². The molecule has 0 spiro atoms. The van der Waals surface area contributed by atoms with Gasteiger partial charge in [-0.1, -0.05) is 60.7 Å². The zero-order chi connectivity index (χ0) is 18.2. The number of aliphatic carboxylic acids is 1. The van der Waals surface area contributed by atoms with Crippen molar-refractivity contribution < 1.29 is 20.1 Å². The number of benzene rings is 2. The molecule has 0 bridgehead atoms. The summed E-state index contributed by atoms with van der Waals surface area (Å²) < 4.78 is 0. The van der Waals surface area contributed by atoms with Crippen molar-refractivity contribution in [2.24, 2.45) is 11.8 Å². The van der Waals surface area contributed by atoms with E-state index in [1.165, 1.54) is 0 Å². The summed E-state index contributed by atoms with van der Waals surface area (Å²) >= 11 is 0. The van der Waals surface area contributed by atoms with E-state index in [4.69, 9.17) is 0 Å². The minimum Gasteiger partial charge on any atom is -0.481 e. The molecule has 2 aromatic rings. The molecule has 0 aliphatic rings. The van der Waals surface area contributed by atoms with Gasteiger partial charge in [-0.25, -0.2) is 0 Å². The van der Waals surface area contributed by atoms with Gasteiger partial charge in [0.05, 0.1) is 18.1 Å². The number of hydrogen-bond donors (Lipinski definition) is 3. The van der Waals surface area contributed by atoms with Gasteiger partial charge < -0.3 is 15.3 Å². The van der Waals surface area contributed by atoms with Gasteiger partial charge in [0, 0.05) is 0 Å². The normalized spacial score (nSPS) is 14.9. The Balaban J connectivity index is 2.28. The third-order valence-electron chi connectivity index (χ3n) is 4.47. The molecule has 3 unspecified atom stereocenters. The van der Waals surface area contributed by atoms with Gasteiger partial charge in [-0.3, -0.25) is 4.79 Å². The highest BCUT2D eigenvalue weighted by Crippen LogP contribution is 2.27. The lowest BCUT2D eigenvalue weighted by atomic mass is 9.78. The van der Waals surface area contributed by atoms with Crippen LogP contribution in [0, 0.1) is 11.8 Å². The minimum atomic E-state index is -1.09. The first-order valence-corrected chi connectivity index (χ1v) is 8.64.